The lowest BCUT2D eigenvalue weighted by Gasteiger charge is -2.55. The average Bonchev–Trinajstić information content (AvgIpc) is 3.65. The Kier molecular flexibility index (Phi) is 9.40. The molecule has 4 amide bonds. The number of phenols is 1. The highest BCUT2D eigenvalue weighted by Crippen LogP contribution is 2.32. The van der Waals surface area contributed by atoms with Crippen molar-refractivity contribution in [3.63, 3.8) is 0 Å². The third kappa shape index (κ3) is 7.06. The maximum atomic E-state index is 14.5. The van der Waals surface area contributed by atoms with Crippen LogP contribution >= 0.6 is 0 Å². The Labute approximate surface area is 309 Å². The lowest BCUT2D eigenvalue weighted by atomic mass is 9.98. The molecule has 54 heavy (non-hydrogen) atoms. The van der Waals surface area contributed by atoms with Crippen molar-refractivity contribution in [2.45, 2.75) is 38.3 Å². The minimum Gasteiger partial charge on any atom is -0.508 e. The summed E-state index contributed by atoms with van der Waals surface area (Å²) in [6.45, 7) is 0.140. The molecule has 0 bridgehead atoms. The quantitative estimate of drug-likeness (QED) is 0.199. The number of nitrogens with zero attached hydrogens (tertiary/aromatic N) is 7. The number of aromatic nitrogens is 3. The van der Waals surface area contributed by atoms with Gasteiger partial charge in [0.1, 0.15) is 23.7 Å². The lowest BCUT2D eigenvalue weighted by molar-refractivity contribution is -0.193. The number of piperazine rings is 1. The van der Waals surface area contributed by atoms with E-state index in [1.807, 2.05) is 60.7 Å². The highest BCUT2D eigenvalue weighted by atomic mass is 19.1. The molecule has 2 atom stereocenters. The van der Waals surface area contributed by atoms with E-state index in [0.29, 0.717) is 11.5 Å². The molecule has 5 heterocycles. The van der Waals surface area contributed by atoms with Gasteiger partial charge in [-0.3, -0.25) is 14.6 Å². The van der Waals surface area contributed by atoms with Crippen LogP contribution in [0.5, 0.6) is 5.75 Å². The van der Waals surface area contributed by atoms with Crippen molar-refractivity contribution < 1.29 is 28.4 Å². The number of urea groups is 1. The van der Waals surface area contributed by atoms with Gasteiger partial charge in [-0.05, 0) is 53.1 Å². The fraction of sp³-hybridized carbons (Fsp3) is 0.200. The Morgan fingerprint density at radius 2 is 1.70 bits per heavy atom. The number of hydrogen-bond donors (Lipinski definition) is 2. The summed E-state index contributed by atoms with van der Waals surface area (Å²) in [7, 11) is 0. The summed E-state index contributed by atoms with van der Waals surface area (Å²) in [5, 5.41) is 21.0. The zero-order valence-corrected chi connectivity index (χ0v) is 29.0. The van der Waals surface area contributed by atoms with Gasteiger partial charge in [0.2, 0.25) is 17.8 Å². The first-order valence-corrected chi connectivity index (χ1v) is 17.5. The second-order valence-corrected chi connectivity index (χ2v) is 13.2. The molecule has 13 nitrogen and oxygen atoms in total. The van der Waals surface area contributed by atoms with E-state index in [0.717, 1.165) is 27.6 Å². The third-order valence-corrected chi connectivity index (χ3v) is 9.66. The number of aromatic hydroxyl groups is 1. The van der Waals surface area contributed by atoms with Crippen LogP contribution in [0.1, 0.15) is 22.5 Å². The van der Waals surface area contributed by atoms with E-state index in [-0.39, 0.29) is 62.4 Å². The molecule has 6 aromatic rings. The Bertz CT molecular complexity index is 2320. The van der Waals surface area contributed by atoms with Gasteiger partial charge in [-0.25, -0.2) is 14.8 Å². The monoisotopic (exact) mass is 726 g/mol. The standard InChI is InChI=1S/C40H35FN8O5/c41-36-13-5-12-33(44-36)34-20-30(54-45-34)23-47-25-38(51)48-35(19-26-14-16-29(50)17-15-26)39(52)46(22-28-9-4-11-32-31(28)10-6-18-42-32)24-37(48)49(47)40(53)43-21-27-7-2-1-3-8-27/h1-18,20,35,37,50H,19,21-25H2,(H,43,53)/t35-,37?/m0/s1. The van der Waals surface area contributed by atoms with Crippen LogP contribution < -0.4 is 5.32 Å². The average molecular weight is 727 g/mol. The molecule has 3 aromatic carbocycles. The van der Waals surface area contributed by atoms with E-state index in [9.17, 15) is 23.9 Å². The molecular weight excluding hydrogens is 691 g/mol. The van der Waals surface area contributed by atoms with E-state index in [1.54, 1.807) is 40.4 Å². The zero-order valence-electron chi connectivity index (χ0n) is 29.0. The molecule has 0 saturated carbocycles. The van der Waals surface area contributed by atoms with Gasteiger partial charge in [0.05, 0.1) is 30.8 Å². The molecule has 0 spiro atoms. The number of amides is 4. The van der Waals surface area contributed by atoms with E-state index < -0.39 is 24.2 Å². The Morgan fingerprint density at radius 1 is 0.889 bits per heavy atom. The fourth-order valence-electron chi connectivity index (χ4n) is 7.13. The number of phenolic OH excluding ortho intramolecular Hbond substituents is 1. The van der Waals surface area contributed by atoms with Crippen molar-refractivity contribution in [1.29, 1.82) is 0 Å². The molecule has 272 valence electrons. The first kappa shape index (κ1) is 34.4. The van der Waals surface area contributed by atoms with Crippen LogP contribution in [0.2, 0.25) is 0 Å². The molecule has 2 fully saturated rings. The Morgan fingerprint density at radius 3 is 2.52 bits per heavy atom. The zero-order chi connectivity index (χ0) is 37.2. The van der Waals surface area contributed by atoms with E-state index in [2.05, 4.69) is 20.4 Å². The van der Waals surface area contributed by atoms with Crippen LogP contribution in [0.4, 0.5) is 9.18 Å². The fourth-order valence-corrected chi connectivity index (χ4v) is 7.13. The largest absolute Gasteiger partial charge is 0.508 e. The van der Waals surface area contributed by atoms with Crippen molar-refractivity contribution in [2.24, 2.45) is 0 Å². The Hall–Kier alpha value is -6.67. The second-order valence-electron chi connectivity index (χ2n) is 13.2. The summed E-state index contributed by atoms with van der Waals surface area (Å²) in [6, 6.07) is 30.0. The number of fused-ring (bicyclic) bond motifs is 2. The molecule has 0 aliphatic carbocycles. The topological polar surface area (TPSA) is 148 Å². The van der Waals surface area contributed by atoms with Crippen LogP contribution in [0.15, 0.2) is 120 Å². The highest BCUT2D eigenvalue weighted by Gasteiger charge is 2.51. The first-order valence-electron chi connectivity index (χ1n) is 17.5. The summed E-state index contributed by atoms with van der Waals surface area (Å²) in [5.74, 6) is -0.907. The van der Waals surface area contributed by atoms with Crippen LogP contribution in [0.3, 0.4) is 0 Å². The van der Waals surface area contributed by atoms with Crippen molar-refractivity contribution in [2.75, 3.05) is 13.1 Å². The number of halogens is 1. The molecule has 2 N–H and O–H groups in total. The maximum Gasteiger partial charge on any atom is 0.334 e. The van der Waals surface area contributed by atoms with Crippen molar-refractivity contribution in [3.05, 3.63) is 144 Å². The molecule has 2 aliphatic rings. The SMILES string of the molecule is O=C1[C@H](Cc2ccc(O)cc2)N2C(=O)CN(Cc3cc(-c4cccc(F)n4)no3)N(C(=O)NCc3ccccc3)C2CN1Cc1cccc2ncccc12. The molecule has 1 unspecified atom stereocenters. The molecule has 14 heteroatoms. The molecule has 0 radical (unpaired) electrons. The molecule has 2 aliphatic heterocycles. The predicted octanol–water partition coefficient (Wildman–Crippen LogP) is 4.88. The number of benzene rings is 3. The van der Waals surface area contributed by atoms with E-state index >= 15 is 0 Å². The Balaban J connectivity index is 1.16. The van der Waals surface area contributed by atoms with Gasteiger partial charge in [0.15, 0.2) is 5.76 Å². The van der Waals surface area contributed by atoms with Crippen LogP contribution in [-0.2, 0) is 35.6 Å². The second kappa shape index (κ2) is 14.8. The number of rotatable bonds is 9. The number of carbonyl (C=O) groups excluding carboxylic acids is 3. The van der Waals surface area contributed by atoms with Crippen molar-refractivity contribution >= 4 is 28.7 Å². The molecule has 3 aromatic heterocycles. The summed E-state index contributed by atoms with van der Waals surface area (Å²) >= 11 is 0. The van der Waals surface area contributed by atoms with Gasteiger partial charge < -0.3 is 24.7 Å². The normalized spacial score (nSPS) is 17.5. The van der Waals surface area contributed by atoms with Crippen LogP contribution in [-0.4, -0.2) is 83.2 Å². The summed E-state index contributed by atoms with van der Waals surface area (Å²) in [4.78, 5) is 54.8. The van der Waals surface area contributed by atoms with Gasteiger partial charge >= 0.3 is 6.03 Å². The number of pyridine rings is 2. The minimum atomic E-state index is -0.962. The summed E-state index contributed by atoms with van der Waals surface area (Å²) in [6.07, 6.45) is 0.951. The van der Waals surface area contributed by atoms with Crippen molar-refractivity contribution in [3.8, 4) is 17.1 Å². The van der Waals surface area contributed by atoms with E-state index in [4.69, 9.17) is 4.52 Å². The number of nitrogens with one attached hydrogen (secondary N) is 1. The number of hydrazine groups is 1. The maximum absolute atomic E-state index is 14.5. The van der Waals surface area contributed by atoms with Gasteiger partial charge in [0, 0.05) is 37.2 Å². The summed E-state index contributed by atoms with van der Waals surface area (Å²) in [5.41, 5.74) is 3.82. The van der Waals surface area contributed by atoms with E-state index in [1.165, 1.54) is 34.2 Å². The predicted molar refractivity (Wildman–Crippen MR) is 194 cm³/mol. The van der Waals surface area contributed by atoms with Gasteiger partial charge in [-0.2, -0.15) is 9.40 Å². The van der Waals surface area contributed by atoms with Crippen molar-refractivity contribution in [1.82, 2.24) is 40.3 Å². The molecular formula is C40H35FN8O5. The highest BCUT2D eigenvalue weighted by molar-refractivity contribution is 5.92. The van der Waals surface area contributed by atoms with Crippen LogP contribution in [0.25, 0.3) is 22.3 Å². The van der Waals surface area contributed by atoms with Crippen LogP contribution in [0, 0.1) is 5.95 Å². The minimum absolute atomic E-state index is 0.0113. The first-order chi connectivity index (χ1) is 26.3. The lowest BCUT2D eigenvalue weighted by Crippen LogP contribution is -2.76. The van der Waals surface area contributed by atoms with Gasteiger partial charge in [0.25, 0.3) is 0 Å². The van der Waals surface area contributed by atoms with Gasteiger partial charge in [-0.1, -0.05) is 71.9 Å². The van der Waals surface area contributed by atoms with Gasteiger partial charge in [-0.15, -0.1) is 0 Å². The number of carbonyl (C=O) groups is 3. The number of hydrogen-bond acceptors (Lipinski definition) is 9. The molecule has 8 rings (SSSR count). The third-order valence-electron chi connectivity index (χ3n) is 9.66. The summed E-state index contributed by atoms with van der Waals surface area (Å²) < 4.78 is 19.5. The smallest absolute Gasteiger partial charge is 0.334 e. The molecule has 2 saturated heterocycles.